The van der Waals surface area contributed by atoms with Gasteiger partial charge in [0.2, 0.25) is 0 Å². The zero-order valence-corrected chi connectivity index (χ0v) is 9.46. The van der Waals surface area contributed by atoms with E-state index >= 15 is 0 Å². The average Bonchev–Trinajstić information content (AvgIpc) is 3.03. The summed E-state index contributed by atoms with van der Waals surface area (Å²) in [6, 6.07) is 8.42. The number of halogens is 1. The van der Waals surface area contributed by atoms with Gasteiger partial charge in [-0.1, -0.05) is 11.6 Å². The van der Waals surface area contributed by atoms with Crippen molar-refractivity contribution in [1.29, 1.82) is 5.26 Å². The molecule has 0 radical (unpaired) electrons. The largest absolute Gasteiger partial charge is 0.369 e. The van der Waals surface area contributed by atoms with Crippen molar-refractivity contribution < 1.29 is 0 Å². The van der Waals surface area contributed by atoms with E-state index in [-0.39, 0.29) is 0 Å². The summed E-state index contributed by atoms with van der Waals surface area (Å²) >= 11 is 6.01. The first-order valence-electron chi connectivity index (χ1n) is 5.22. The second kappa shape index (κ2) is 4.12. The molecule has 15 heavy (non-hydrogen) atoms. The third kappa shape index (κ3) is 2.08. The van der Waals surface area contributed by atoms with Gasteiger partial charge in [0.25, 0.3) is 0 Å². The monoisotopic (exact) mass is 220 g/mol. The molecule has 0 spiro atoms. The van der Waals surface area contributed by atoms with Crippen molar-refractivity contribution in [3.8, 4) is 6.07 Å². The summed E-state index contributed by atoms with van der Waals surface area (Å²) in [7, 11) is 0. The molecule has 1 aromatic rings. The fourth-order valence-electron chi connectivity index (χ4n) is 1.81. The molecule has 1 saturated carbocycles. The minimum Gasteiger partial charge on any atom is -0.369 e. The molecule has 0 bridgehead atoms. The molecule has 0 atom stereocenters. The maximum Gasteiger partial charge on any atom is 0.101 e. The Bertz CT molecular complexity index is 405. The minimum absolute atomic E-state index is 0.548. The zero-order valence-electron chi connectivity index (χ0n) is 8.70. The van der Waals surface area contributed by atoms with Crippen LogP contribution >= 0.6 is 11.6 Å². The quantitative estimate of drug-likeness (QED) is 0.782. The normalized spacial score (nSPS) is 14.7. The Balaban J connectivity index is 2.28. The summed E-state index contributed by atoms with van der Waals surface area (Å²) in [5.74, 6) is 0. The number of anilines is 1. The minimum atomic E-state index is 0.548. The highest BCUT2D eigenvalue weighted by molar-refractivity contribution is 6.32. The van der Waals surface area contributed by atoms with Gasteiger partial charge in [0.15, 0.2) is 0 Å². The van der Waals surface area contributed by atoms with Gasteiger partial charge in [0.1, 0.15) is 6.07 Å². The molecule has 0 unspecified atom stereocenters. The van der Waals surface area contributed by atoms with Crippen LogP contribution in [0.3, 0.4) is 0 Å². The van der Waals surface area contributed by atoms with Crippen LogP contribution in [0.1, 0.15) is 25.3 Å². The van der Waals surface area contributed by atoms with E-state index in [1.165, 1.54) is 12.8 Å². The van der Waals surface area contributed by atoms with Crippen LogP contribution in [0.2, 0.25) is 5.02 Å². The predicted octanol–water partition coefficient (Wildman–Crippen LogP) is 3.20. The van der Waals surface area contributed by atoms with Gasteiger partial charge in [-0.05, 0) is 38.0 Å². The number of nitriles is 1. The first kappa shape index (κ1) is 10.3. The third-order valence-corrected chi connectivity index (χ3v) is 3.05. The van der Waals surface area contributed by atoms with Gasteiger partial charge in [0, 0.05) is 18.3 Å². The summed E-state index contributed by atoms with van der Waals surface area (Å²) in [5, 5.41) is 9.33. The van der Waals surface area contributed by atoms with Crippen molar-refractivity contribution in [3.05, 3.63) is 28.8 Å². The van der Waals surface area contributed by atoms with Crippen molar-refractivity contribution >= 4 is 17.3 Å². The standard InChI is InChI=1S/C12H13ClN2/c1-2-15(10-5-6-10)11-4-3-9(8-14)12(13)7-11/h3-4,7,10H,2,5-6H2,1H3. The lowest BCUT2D eigenvalue weighted by molar-refractivity contribution is 0.826. The lowest BCUT2D eigenvalue weighted by Crippen LogP contribution is -2.24. The molecule has 2 nitrogen and oxygen atoms in total. The predicted molar refractivity (Wildman–Crippen MR) is 62.2 cm³/mol. The maximum absolute atomic E-state index is 8.78. The van der Waals surface area contributed by atoms with Gasteiger partial charge in [-0.25, -0.2) is 0 Å². The van der Waals surface area contributed by atoms with Crippen LogP contribution in [-0.4, -0.2) is 12.6 Å². The molecule has 0 aromatic heterocycles. The highest BCUT2D eigenvalue weighted by Gasteiger charge is 2.28. The van der Waals surface area contributed by atoms with Gasteiger partial charge >= 0.3 is 0 Å². The Labute approximate surface area is 95.1 Å². The Kier molecular flexibility index (Phi) is 2.83. The first-order chi connectivity index (χ1) is 7.26. The maximum atomic E-state index is 8.78. The van der Waals surface area contributed by atoms with Crippen molar-refractivity contribution in [2.45, 2.75) is 25.8 Å². The molecule has 0 N–H and O–H groups in total. The lowest BCUT2D eigenvalue weighted by Gasteiger charge is -2.22. The summed E-state index contributed by atoms with van der Waals surface area (Å²) in [6.07, 6.45) is 2.54. The lowest BCUT2D eigenvalue weighted by atomic mass is 10.2. The molecule has 0 aliphatic heterocycles. The number of nitrogens with zero attached hydrogens (tertiary/aromatic N) is 2. The molecule has 1 aromatic carbocycles. The van der Waals surface area contributed by atoms with Crippen molar-refractivity contribution in [2.75, 3.05) is 11.4 Å². The number of hydrogen-bond acceptors (Lipinski definition) is 2. The van der Waals surface area contributed by atoms with E-state index in [9.17, 15) is 0 Å². The summed E-state index contributed by atoms with van der Waals surface area (Å²) in [5.41, 5.74) is 1.68. The highest BCUT2D eigenvalue weighted by atomic mass is 35.5. The van der Waals surface area contributed by atoms with E-state index in [4.69, 9.17) is 16.9 Å². The topological polar surface area (TPSA) is 27.0 Å². The smallest absolute Gasteiger partial charge is 0.101 e. The molecule has 0 saturated heterocycles. The van der Waals surface area contributed by atoms with E-state index in [0.717, 1.165) is 12.2 Å². The summed E-state index contributed by atoms with van der Waals surface area (Å²) < 4.78 is 0. The van der Waals surface area contributed by atoms with Crippen molar-refractivity contribution in [3.63, 3.8) is 0 Å². The van der Waals surface area contributed by atoms with Crippen LogP contribution in [0.15, 0.2) is 18.2 Å². The van der Waals surface area contributed by atoms with E-state index in [0.29, 0.717) is 16.6 Å². The number of benzene rings is 1. The first-order valence-corrected chi connectivity index (χ1v) is 5.60. The van der Waals surface area contributed by atoms with E-state index < -0.39 is 0 Å². The zero-order chi connectivity index (χ0) is 10.8. The highest BCUT2D eigenvalue weighted by Crippen LogP contribution is 2.33. The summed E-state index contributed by atoms with van der Waals surface area (Å²) in [6.45, 7) is 3.14. The van der Waals surface area contributed by atoms with Crippen molar-refractivity contribution in [2.24, 2.45) is 0 Å². The molecule has 1 aliphatic rings. The van der Waals surface area contributed by atoms with Gasteiger partial charge in [-0.15, -0.1) is 0 Å². The van der Waals surface area contributed by atoms with Crippen LogP contribution in [0.4, 0.5) is 5.69 Å². The molecule has 2 rings (SSSR count). The second-order valence-electron chi connectivity index (χ2n) is 3.79. The molecule has 3 heteroatoms. The molecular weight excluding hydrogens is 208 g/mol. The second-order valence-corrected chi connectivity index (χ2v) is 4.20. The Morgan fingerprint density at radius 3 is 2.73 bits per heavy atom. The molecule has 78 valence electrons. The Morgan fingerprint density at radius 1 is 1.53 bits per heavy atom. The SMILES string of the molecule is CCN(c1ccc(C#N)c(Cl)c1)C1CC1. The average molecular weight is 221 g/mol. The molecule has 1 fully saturated rings. The van der Waals surface area contributed by atoms with Gasteiger partial charge in [-0.2, -0.15) is 5.26 Å². The van der Waals surface area contributed by atoms with Crippen LogP contribution in [0.5, 0.6) is 0 Å². The van der Waals surface area contributed by atoms with E-state index in [2.05, 4.69) is 17.9 Å². The van der Waals surface area contributed by atoms with Gasteiger partial charge in [0.05, 0.1) is 10.6 Å². The van der Waals surface area contributed by atoms with E-state index in [1.54, 1.807) is 6.07 Å². The van der Waals surface area contributed by atoms with Gasteiger partial charge < -0.3 is 4.90 Å². The molecule has 0 amide bonds. The number of rotatable bonds is 3. The summed E-state index contributed by atoms with van der Waals surface area (Å²) in [4.78, 5) is 2.34. The molecule has 1 aliphatic carbocycles. The fraction of sp³-hybridized carbons (Fsp3) is 0.417. The van der Waals surface area contributed by atoms with Gasteiger partial charge in [-0.3, -0.25) is 0 Å². The van der Waals surface area contributed by atoms with Crippen LogP contribution < -0.4 is 4.90 Å². The Hall–Kier alpha value is -1.20. The van der Waals surface area contributed by atoms with Crippen molar-refractivity contribution in [1.82, 2.24) is 0 Å². The molecule has 0 heterocycles. The third-order valence-electron chi connectivity index (χ3n) is 2.73. The van der Waals surface area contributed by atoms with Crippen LogP contribution in [0.25, 0.3) is 0 Å². The van der Waals surface area contributed by atoms with E-state index in [1.807, 2.05) is 12.1 Å². The van der Waals surface area contributed by atoms with Crippen LogP contribution in [-0.2, 0) is 0 Å². The number of hydrogen-bond donors (Lipinski definition) is 0. The molecular formula is C12H13ClN2. The van der Waals surface area contributed by atoms with Crippen LogP contribution in [0, 0.1) is 11.3 Å². The Morgan fingerprint density at radius 2 is 2.27 bits per heavy atom. The fourth-order valence-corrected chi connectivity index (χ4v) is 2.03.